The largest absolute Gasteiger partial charge is 0.484 e. The van der Waals surface area contributed by atoms with E-state index in [-0.39, 0.29) is 11.2 Å². The molecule has 19 heavy (non-hydrogen) atoms. The van der Waals surface area contributed by atoms with Crippen LogP contribution in [0.15, 0.2) is 18.2 Å². The molecule has 0 fully saturated rings. The lowest BCUT2D eigenvalue weighted by Gasteiger charge is -2.27. The molecule has 2 nitrogen and oxygen atoms in total. The molecular formula is C17H28O2. The molecule has 0 spiro atoms. The van der Waals surface area contributed by atoms with Crippen LogP contribution in [0.25, 0.3) is 0 Å². The Balaban J connectivity index is 3.15. The first-order chi connectivity index (χ1) is 8.48. The number of hydrogen-bond acceptors (Lipinski definition) is 2. The van der Waals surface area contributed by atoms with Crippen LogP contribution < -0.4 is 9.47 Å². The monoisotopic (exact) mass is 264 g/mol. The molecule has 0 amide bonds. The number of hydrogen-bond donors (Lipinski definition) is 0. The second-order valence-corrected chi connectivity index (χ2v) is 7.29. The van der Waals surface area contributed by atoms with E-state index >= 15 is 0 Å². The highest BCUT2D eigenvalue weighted by molar-refractivity contribution is 5.44. The molecule has 0 aliphatic carbocycles. The van der Waals surface area contributed by atoms with E-state index in [1.165, 1.54) is 5.56 Å². The molecule has 0 bridgehead atoms. The van der Waals surface area contributed by atoms with Crippen LogP contribution in [0.3, 0.4) is 0 Å². The minimum absolute atomic E-state index is 0.227. The first kappa shape index (κ1) is 15.9. The Kier molecular flexibility index (Phi) is 4.54. The summed E-state index contributed by atoms with van der Waals surface area (Å²) in [6, 6.07) is 6.22. The highest BCUT2D eigenvalue weighted by Crippen LogP contribution is 2.35. The summed E-state index contributed by atoms with van der Waals surface area (Å²) in [6.07, 6.45) is 0. The summed E-state index contributed by atoms with van der Waals surface area (Å²) in [5.74, 6) is 2.12. The van der Waals surface area contributed by atoms with Gasteiger partial charge < -0.3 is 9.47 Å². The zero-order chi connectivity index (χ0) is 14.8. The second kappa shape index (κ2) is 5.44. The maximum Gasteiger partial charge on any atom is 0.162 e. The lowest BCUT2D eigenvalue weighted by atomic mass is 10.0. The molecule has 108 valence electrons. The van der Waals surface area contributed by atoms with Crippen molar-refractivity contribution in [2.24, 2.45) is 0 Å². The smallest absolute Gasteiger partial charge is 0.162 e. The van der Waals surface area contributed by atoms with Crippen molar-refractivity contribution in [1.29, 1.82) is 0 Å². The van der Waals surface area contributed by atoms with Gasteiger partial charge in [0.2, 0.25) is 0 Å². The maximum atomic E-state index is 6.04. The first-order valence-corrected chi connectivity index (χ1v) is 7.00. The fourth-order valence-electron chi connectivity index (χ4n) is 1.71. The molecule has 0 unspecified atom stereocenters. The lowest BCUT2D eigenvalue weighted by molar-refractivity contribution is 0.0956. The molecule has 0 aliphatic heterocycles. The number of rotatable bonds is 3. The van der Waals surface area contributed by atoms with Gasteiger partial charge in [0.1, 0.15) is 11.2 Å². The zero-order valence-corrected chi connectivity index (χ0v) is 13.6. The van der Waals surface area contributed by atoms with Gasteiger partial charge in [0.05, 0.1) is 0 Å². The van der Waals surface area contributed by atoms with E-state index in [2.05, 4.69) is 46.8 Å². The topological polar surface area (TPSA) is 18.5 Å². The van der Waals surface area contributed by atoms with Crippen LogP contribution >= 0.6 is 0 Å². The van der Waals surface area contributed by atoms with Gasteiger partial charge in [-0.05, 0) is 65.2 Å². The standard InChI is InChI=1S/C17H28O2/c1-12(2)13-9-10-14(18-16(3,4)5)15(11-13)19-17(6,7)8/h9-12H,1-8H3. The van der Waals surface area contributed by atoms with Crippen molar-refractivity contribution in [2.75, 3.05) is 0 Å². The molecule has 0 aromatic heterocycles. The van der Waals surface area contributed by atoms with Crippen LogP contribution in [0.1, 0.15) is 66.9 Å². The molecular weight excluding hydrogens is 236 g/mol. The molecule has 0 saturated heterocycles. The predicted octanol–water partition coefficient (Wildman–Crippen LogP) is 5.16. The summed E-state index contributed by atoms with van der Waals surface area (Å²) < 4.78 is 12.0. The summed E-state index contributed by atoms with van der Waals surface area (Å²) in [6.45, 7) is 16.7. The average molecular weight is 264 g/mol. The number of benzene rings is 1. The van der Waals surface area contributed by atoms with Gasteiger partial charge in [-0.25, -0.2) is 0 Å². The van der Waals surface area contributed by atoms with Gasteiger partial charge in [-0.2, -0.15) is 0 Å². The van der Waals surface area contributed by atoms with E-state index in [4.69, 9.17) is 9.47 Å². The van der Waals surface area contributed by atoms with E-state index in [0.29, 0.717) is 5.92 Å². The predicted molar refractivity (Wildman–Crippen MR) is 81.3 cm³/mol. The Morgan fingerprint density at radius 1 is 0.789 bits per heavy atom. The van der Waals surface area contributed by atoms with Gasteiger partial charge in [-0.3, -0.25) is 0 Å². The van der Waals surface area contributed by atoms with Crippen molar-refractivity contribution in [3.63, 3.8) is 0 Å². The quantitative estimate of drug-likeness (QED) is 0.750. The van der Waals surface area contributed by atoms with Gasteiger partial charge in [0, 0.05) is 0 Å². The summed E-state index contributed by atoms with van der Waals surface area (Å²) in [5.41, 5.74) is 0.807. The summed E-state index contributed by atoms with van der Waals surface area (Å²) >= 11 is 0. The van der Waals surface area contributed by atoms with Crippen LogP contribution in [-0.4, -0.2) is 11.2 Å². The maximum absolute atomic E-state index is 6.04. The molecule has 0 heterocycles. The SMILES string of the molecule is CC(C)c1ccc(OC(C)(C)C)c(OC(C)(C)C)c1. The van der Waals surface area contributed by atoms with Gasteiger partial charge in [0.25, 0.3) is 0 Å². The van der Waals surface area contributed by atoms with Crippen LogP contribution in [0.5, 0.6) is 11.5 Å². The molecule has 0 atom stereocenters. The van der Waals surface area contributed by atoms with Gasteiger partial charge in [-0.1, -0.05) is 19.9 Å². The van der Waals surface area contributed by atoms with Gasteiger partial charge in [0.15, 0.2) is 11.5 Å². The third-order valence-corrected chi connectivity index (χ3v) is 2.47. The summed E-state index contributed by atoms with van der Waals surface area (Å²) in [5, 5.41) is 0. The highest BCUT2D eigenvalue weighted by atomic mass is 16.5. The van der Waals surface area contributed by atoms with Crippen LogP contribution in [0, 0.1) is 0 Å². The lowest BCUT2D eigenvalue weighted by Crippen LogP contribution is -2.26. The molecule has 2 heteroatoms. The molecule has 1 aromatic carbocycles. The Morgan fingerprint density at radius 2 is 1.26 bits per heavy atom. The first-order valence-electron chi connectivity index (χ1n) is 7.00. The van der Waals surface area contributed by atoms with Crippen LogP contribution in [0.2, 0.25) is 0 Å². The van der Waals surface area contributed by atoms with Crippen LogP contribution in [0.4, 0.5) is 0 Å². The van der Waals surface area contributed by atoms with Crippen molar-refractivity contribution < 1.29 is 9.47 Å². The third-order valence-electron chi connectivity index (χ3n) is 2.47. The van der Waals surface area contributed by atoms with E-state index in [9.17, 15) is 0 Å². The zero-order valence-electron chi connectivity index (χ0n) is 13.6. The van der Waals surface area contributed by atoms with Gasteiger partial charge >= 0.3 is 0 Å². The Bertz CT molecular complexity index is 420. The van der Waals surface area contributed by atoms with Crippen molar-refractivity contribution in [3.05, 3.63) is 23.8 Å². The molecule has 0 radical (unpaired) electrons. The summed E-state index contributed by atoms with van der Waals surface area (Å²) in [7, 11) is 0. The highest BCUT2D eigenvalue weighted by Gasteiger charge is 2.20. The Morgan fingerprint density at radius 3 is 1.68 bits per heavy atom. The second-order valence-electron chi connectivity index (χ2n) is 7.29. The van der Waals surface area contributed by atoms with Crippen molar-refractivity contribution in [1.82, 2.24) is 0 Å². The van der Waals surface area contributed by atoms with Crippen LogP contribution in [-0.2, 0) is 0 Å². The molecule has 0 aliphatic rings. The molecule has 1 rings (SSSR count). The normalized spacial score (nSPS) is 12.7. The van der Waals surface area contributed by atoms with E-state index in [1.54, 1.807) is 0 Å². The third kappa shape index (κ3) is 5.54. The minimum Gasteiger partial charge on any atom is -0.484 e. The van der Waals surface area contributed by atoms with Crippen molar-refractivity contribution in [3.8, 4) is 11.5 Å². The molecule has 1 aromatic rings. The summed E-state index contributed by atoms with van der Waals surface area (Å²) in [4.78, 5) is 0. The van der Waals surface area contributed by atoms with Crippen molar-refractivity contribution >= 4 is 0 Å². The fourth-order valence-corrected chi connectivity index (χ4v) is 1.71. The minimum atomic E-state index is -0.231. The Hall–Kier alpha value is -1.18. The molecule has 0 N–H and O–H groups in total. The number of ether oxygens (including phenoxy) is 2. The van der Waals surface area contributed by atoms with E-state index in [1.807, 2.05) is 26.8 Å². The molecule has 0 saturated carbocycles. The average Bonchev–Trinajstić information content (AvgIpc) is 2.15. The Labute approximate surface area is 118 Å². The van der Waals surface area contributed by atoms with Crippen molar-refractivity contribution in [2.45, 2.75) is 72.5 Å². The van der Waals surface area contributed by atoms with E-state index < -0.39 is 0 Å². The van der Waals surface area contributed by atoms with Gasteiger partial charge in [-0.15, -0.1) is 0 Å². The fraction of sp³-hybridized carbons (Fsp3) is 0.647. The van der Waals surface area contributed by atoms with E-state index in [0.717, 1.165) is 11.5 Å².